The molecule has 0 bridgehead atoms. The molecule has 0 amide bonds. The third kappa shape index (κ3) is 2.71. The van der Waals surface area contributed by atoms with E-state index in [1.807, 2.05) is 0 Å². The van der Waals surface area contributed by atoms with E-state index in [1.54, 1.807) is 12.1 Å². The Hall–Kier alpha value is -1.38. The molecule has 0 spiro atoms. The van der Waals surface area contributed by atoms with Crippen molar-refractivity contribution >= 4 is 5.97 Å². The van der Waals surface area contributed by atoms with Crippen LogP contribution in [0.2, 0.25) is 0 Å². The Bertz CT molecular complexity index is 442. The van der Waals surface area contributed by atoms with E-state index in [0.717, 1.165) is 12.0 Å². The lowest BCUT2D eigenvalue weighted by atomic mass is 9.76. The first-order valence-corrected chi connectivity index (χ1v) is 6.50. The molecule has 1 saturated carbocycles. The van der Waals surface area contributed by atoms with Crippen molar-refractivity contribution in [3.63, 3.8) is 0 Å². The van der Waals surface area contributed by atoms with E-state index in [0.29, 0.717) is 17.4 Å². The molecule has 1 fully saturated rings. The highest BCUT2D eigenvalue weighted by Crippen LogP contribution is 2.37. The third-order valence-corrected chi connectivity index (χ3v) is 3.88. The van der Waals surface area contributed by atoms with E-state index in [2.05, 4.69) is 11.7 Å². The van der Waals surface area contributed by atoms with Crippen molar-refractivity contribution < 1.29 is 13.9 Å². The number of esters is 1. The molecule has 0 aliphatic heterocycles. The second-order valence-electron chi connectivity index (χ2n) is 5.13. The van der Waals surface area contributed by atoms with Gasteiger partial charge in [0, 0.05) is 0 Å². The molecule has 3 heteroatoms. The van der Waals surface area contributed by atoms with Gasteiger partial charge < -0.3 is 4.74 Å². The van der Waals surface area contributed by atoms with Gasteiger partial charge in [-0.1, -0.05) is 26.2 Å². The largest absolute Gasteiger partial charge is 0.465 e. The van der Waals surface area contributed by atoms with Crippen LogP contribution in [0, 0.1) is 11.7 Å². The minimum atomic E-state index is -0.473. The number of ether oxygens (including phenoxy) is 1. The van der Waals surface area contributed by atoms with Crippen molar-refractivity contribution in [2.24, 2.45) is 5.92 Å². The Labute approximate surface area is 107 Å². The minimum absolute atomic E-state index is 0.310. The number of halogens is 1. The van der Waals surface area contributed by atoms with E-state index in [4.69, 9.17) is 0 Å². The lowest BCUT2D eigenvalue weighted by Gasteiger charge is -2.29. The number of rotatable bonds is 2. The molecule has 2 nitrogen and oxygen atoms in total. The fourth-order valence-electron chi connectivity index (χ4n) is 2.87. The van der Waals surface area contributed by atoms with Crippen LogP contribution in [-0.4, -0.2) is 13.1 Å². The van der Waals surface area contributed by atoms with Crippen LogP contribution in [-0.2, 0) is 4.74 Å². The molecule has 98 valence electrons. The van der Waals surface area contributed by atoms with Gasteiger partial charge in [0.05, 0.1) is 12.7 Å². The number of benzene rings is 1. The van der Waals surface area contributed by atoms with Crippen molar-refractivity contribution in [3.8, 4) is 0 Å². The Morgan fingerprint density at radius 2 is 2.00 bits per heavy atom. The number of hydrogen-bond donors (Lipinski definition) is 0. The molecular formula is C15H19FO2. The van der Waals surface area contributed by atoms with Gasteiger partial charge in [0.2, 0.25) is 0 Å². The fourth-order valence-corrected chi connectivity index (χ4v) is 2.87. The molecule has 0 saturated heterocycles. The van der Waals surface area contributed by atoms with Crippen LogP contribution < -0.4 is 0 Å². The molecule has 1 aliphatic carbocycles. The highest BCUT2D eigenvalue weighted by Gasteiger charge is 2.24. The second-order valence-corrected chi connectivity index (χ2v) is 5.13. The quantitative estimate of drug-likeness (QED) is 0.744. The predicted molar refractivity (Wildman–Crippen MR) is 68.1 cm³/mol. The summed E-state index contributed by atoms with van der Waals surface area (Å²) in [4.78, 5) is 11.5. The first-order chi connectivity index (χ1) is 8.61. The van der Waals surface area contributed by atoms with Crippen LogP contribution in [0.5, 0.6) is 0 Å². The van der Waals surface area contributed by atoms with Crippen LogP contribution in [0.15, 0.2) is 18.2 Å². The summed E-state index contributed by atoms with van der Waals surface area (Å²) < 4.78 is 18.3. The van der Waals surface area contributed by atoms with Crippen LogP contribution in [0.1, 0.15) is 54.4 Å². The normalized spacial score (nSPS) is 23.7. The average molecular weight is 250 g/mol. The summed E-state index contributed by atoms with van der Waals surface area (Å²) in [6.45, 7) is 2.20. The SMILES string of the molecule is COC(=O)c1cc(F)cc([C@H]2CCCC[C@@H]2C)c1. The molecule has 18 heavy (non-hydrogen) atoms. The molecule has 0 heterocycles. The zero-order valence-corrected chi connectivity index (χ0v) is 10.9. The van der Waals surface area contributed by atoms with E-state index in [-0.39, 0.29) is 5.82 Å². The number of methoxy groups -OCH3 is 1. The van der Waals surface area contributed by atoms with Crippen molar-refractivity contribution in [2.45, 2.75) is 38.5 Å². The van der Waals surface area contributed by atoms with Crippen LogP contribution >= 0.6 is 0 Å². The minimum Gasteiger partial charge on any atom is -0.465 e. The molecule has 1 aromatic rings. The highest BCUT2D eigenvalue weighted by atomic mass is 19.1. The topological polar surface area (TPSA) is 26.3 Å². The van der Waals surface area contributed by atoms with Gasteiger partial charge in [-0.3, -0.25) is 0 Å². The smallest absolute Gasteiger partial charge is 0.337 e. The Kier molecular flexibility index (Phi) is 4.00. The van der Waals surface area contributed by atoms with Gasteiger partial charge in [-0.25, -0.2) is 9.18 Å². The summed E-state index contributed by atoms with van der Waals surface area (Å²) in [6, 6.07) is 4.57. The van der Waals surface area contributed by atoms with Gasteiger partial charge >= 0.3 is 5.97 Å². The maximum absolute atomic E-state index is 13.6. The molecular weight excluding hydrogens is 231 g/mol. The van der Waals surface area contributed by atoms with E-state index in [1.165, 1.54) is 32.4 Å². The lowest BCUT2D eigenvalue weighted by molar-refractivity contribution is 0.0600. The van der Waals surface area contributed by atoms with Crippen LogP contribution in [0.3, 0.4) is 0 Å². The van der Waals surface area contributed by atoms with Gasteiger partial charge in [0.1, 0.15) is 5.82 Å². The van der Waals surface area contributed by atoms with E-state index >= 15 is 0 Å². The van der Waals surface area contributed by atoms with Gasteiger partial charge in [-0.15, -0.1) is 0 Å². The predicted octanol–water partition coefficient (Wildman–Crippen LogP) is 3.91. The van der Waals surface area contributed by atoms with Crippen molar-refractivity contribution in [2.75, 3.05) is 7.11 Å². The highest BCUT2D eigenvalue weighted by molar-refractivity contribution is 5.89. The third-order valence-electron chi connectivity index (χ3n) is 3.88. The zero-order valence-electron chi connectivity index (χ0n) is 10.9. The monoisotopic (exact) mass is 250 g/mol. The maximum atomic E-state index is 13.6. The van der Waals surface area contributed by atoms with Crippen molar-refractivity contribution in [3.05, 3.63) is 35.1 Å². The van der Waals surface area contributed by atoms with Gasteiger partial charge in [0.25, 0.3) is 0 Å². The molecule has 0 N–H and O–H groups in total. The molecule has 1 aliphatic rings. The van der Waals surface area contributed by atoms with Gasteiger partial charge in [0.15, 0.2) is 0 Å². The molecule has 2 rings (SSSR count). The summed E-state index contributed by atoms with van der Waals surface area (Å²) in [7, 11) is 1.32. The Balaban J connectivity index is 2.32. The lowest BCUT2D eigenvalue weighted by Crippen LogP contribution is -2.15. The van der Waals surface area contributed by atoms with Crippen LogP contribution in [0.25, 0.3) is 0 Å². The molecule has 0 unspecified atom stereocenters. The standard InChI is InChI=1S/C15H19FO2/c1-10-5-3-4-6-14(10)11-7-12(15(17)18-2)9-13(16)8-11/h7-10,14H,3-6H2,1-2H3/t10-,14-/m0/s1. The molecule has 0 aromatic heterocycles. The average Bonchev–Trinajstić information content (AvgIpc) is 2.37. The summed E-state index contributed by atoms with van der Waals surface area (Å²) in [5.41, 5.74) is 1.24. The maximum Gasteiger partial charge on any atom is 0.337 e. The molecule has 2 atom stereocenters. The second kappa shape index (κ2) is 5.51. The summed E-state index contributed by atoms with van der Waals surface area (Å²) >= 11 is 0. The van der Waals surface area contributed by atoms with Crippen LogP contribution in [0.4, 0.5) is 4.39 Å². The van der Waals surface area contributed by atoms with Crippen molar-refractivity contribution in [1.82, 2.24) is 0 Å². The van der Waals surface area contributed by atoms with Gasteiger partial charge in [-0.05, 0) is 42.0 Å². The fraction of sp³-hybridized carbons (Fsp3) is 0.533. The summed E-state index contributed by atoms with van der Waals surface area (Å²) in [6.07, 6.45) is 4.68. The van der Waals surface area contributed by atoms with E-state index in [9.17, 15) is 9.18 Å². The molecule has 0 radical (unpaired) electrons. The summed E-state index contributed by atoms with van der Waals surface area (Å²) in [5.74, 6) is 0.0776. The molecule has 1 aromatic carbocycles. The van der Waals surface area contributed by atoms with E-state index < -0.39 is 5.97 Å². The van der Waals surface area contributed by atoms with Gasteiger partial charge in [-0.2, -0.15) is 0 Å². The first kappa shape index (κ1) is 13.1. The number of hydrogen-bond acceptors (Lipinski definition) is 2. The Morgan fingerprint density at radius 1 is 1.28 bits per heavy atom. The number of carbonyl (C=O) groups is 1. The zero-order chi connectivity index (χ0) is 13.1. The summed E-state index contributed by atoms with van der Waals surface area (Å²) in [5, 5.41) is 0. The number of carbonyl (C=O) groups excluding carboxylic acids is 1. The first-order valence-electron chi connectivity index (χ1n) is 6.50. The van der Waals surface area contributed by atoms with Crippen molar-refractivity contribution in [1.29, 1.82) is 0 Å². The Morgan fingerprint density at radius 3 is 2.67 bits per heavy atom.